The van der Waals surface area contributed by atoms with E-state index < -0.39 is 0 Å². The topological polar surface area (TPSA) is 40.5 Å². The summed E-state index contributed by atoms with van der Waals surface area (Å²) in [6.45, 7) is 0.131. The summed E-state index contributed by atoms with van der Waals surface area (Å²) in [4.78, 5) is 14.3. The van der Waals surface area contributed by atoms with Crippen molar-refractivity contribution in [1.29, 1.82) is 0 Å². The Labute approximate surface area is 110 Å². The summed E-state index contributed by atoms with van der Waals surface area (Å²) in [5, 5.41) is 9.53. The molecule has 0 aliphatic heterocycles. The summed E-state index contributed by atoms with van der Waals surface area (Å²) in [6.07, 6.45) is 9.20. The number of likely N-dealkylation sites (N-methyl/N-ethyl adjacent to an activating group) is 1. The Balaban J connectivity index is 1.58. The van der Waals surface area contributed by atoms with Crippen LogP contribution in [0.2, 0.25) is 0 Å². The van der Waals surface area contributed by atoms with Gasteiger partial charge in [-0.25, -0.2) is 0 Å². The fourth-order valence-electron chi connectivity index (χ4n) is 4.44. The SMILES string of the molecule is CN(C(=O)CC1CC2CCC1C2)C1(CO)CCC1. The van der Waals surface area contributed by atoms with Crippen LogP contribution in [0.1, 0.15) is 51.4 Å². The molecule has 0 aromatic carbocycles. The molecule has 3 aliphatic rings. The maximum atomic E-state index is 12.4. The zero-order valence-corrected chi connectivity index (χ0v) is 11.4. The highest BCUT2D eigenvalue weighted by atomic mass is 16.3. The molecule has 3 saturated carbocycles. The number of aliphatic hydroxyl groups excluding tert-OH is 1. The maximum Gasteiger partial charge on any atom is 0.223 e. The van der Waals surface area contributed by atoms with E-state index >= 15 is 0 Å². The van der Waals surface area contributed by atoms with Crippen LogP contribution in [0.15, 0.2) is 0 Å². The Morgan fingerprint density at radius 1 is 1.33 bits per heavy atom. The van der Waals surface area contributed by atoms with Gasteiger partial charge in [-0.2, -0.15) is 0 Å². The van der Waals surface area contributed by atoms with Crippen molar-refractivity contribution in [3.05, 3.63) is 0 Å². The third-order valence-electron chi connectivity index (χ3n) is 5.99. The van der Waals surface area contributed by atoms with E-state index in [2.05, 4.69) is 0 Å². The predicted molar refractivity (Wildman–Crippen MR) is 70.0 cm³/mol. The van der Waals surface area contributed by atoms with E-state index in [9.17, 15) is 9.90 Å². The highest BCUT2D eigenvalue weighted by Crippen LogP contribution is 2.50. The Morgan fingerprint density at radius 3 is 2.56 bits per heavy atom. The Bertz CT molecular complexity index is 332. The van der Waals surface area contributed by atoms with E-state index in [4.69, 9.17) is 0 Å². The number of amides is 1. The van der Waals surface area contributed by atoms with Gasteiger partial charge >= 0.3 is 0 Å². The van der Waals surface area contributed by atoms with Crippen LogP contribution in [-0.4, -0.2) is 35.1 Å². The molecule has 0 saturated heterocycles. The quantitative estimate of drug-likeness (QED) is 0.832. The van der Waals surface area contributed by atoms with Gasteiger partial charge in [-0.3, -0.25) is 4.79 Å². The summed E-state index contributed by atoms with van der Waals surface area (Å²) in [5.41, 5.74) is -0.214. The number of hydrogen-bond donors (Lipinski definition) is 1. The molecule has 0 heterocycles. The second kappa shape index (κ2) is 4.52. The van der Waals surface area contributed by atoms with Crippen molar-refractivity contribution in [2.45, 2.75) is 56.9 Å². The smallest absolute Gasteiger partial charge is 0.223 e. The number of aliphatic hydroxyl groups is 1. The highest BCUT2D eigenvalue weighted by Gasteiger charge is 2.45. The summed E-state index contributed by atoms with van der Waals surface area (Å²) in [5.74, 6) is 2.63. The Kier molecular flexibility index (Phi) is 3.13. The molecule has 0 aromatic rings. The van der Waals surface area contributed by atoms with Gasteiger partial charge in [-0.1, -0.05) is 6.42 Å². The number of fused-ring (bicyclic) bond motifs is 2. The first-order valence-corrected chi connectivity index (χ1v) is 7.52. The molecule has 3 rings (SSSR count). The molecule has 3 aliphatic carbocycles. The van der Waals surface area contributed by atoms with Gasteiger partial charge in [0, 0.05) is 13.5 Å². The van der Waals surface area contributed by atoms with Crippen molar-refractivity contribution in [2.24, 2.45) is 17.8 Å². The van der Waals surface area contributed by atoms with Crippen molar-refractivity contribution in [1.82, 2.24) is 4.90 Å². The normalized spacial score (nSPS) is 36.4. The maximum absolute atomic E-state index is 12.4. The molecule has 3 atom stereocenters. The summed E-state index contributed by atoms with van der Waals surface area (Å²) >= 11 is 0. The van der Waals surface area contributed by atoms with E-state index in [0.717, 1.165) is 37.5 Å². The van der Waals surface area contributed by atoms with Gasteiger partial charge in [-0.15, -0.1) is 0 Å². The molecule has 18 heavy (non-hydrogen) atoms. The molecular formula is C15H25NO2. The number of rotatable bonds is 4. The minimum atomic E-state index is -0.214. The molecule has 2 bridgehead atoms. The monoisotopic (exact) mass is 251 g/mol. The van der Waals surface area contributed by atoms with Crippen LogP contribution in [-0.2, 0) is 4.79 Å². The number of hydrogen-bond acceptors (Lipinski definition) is 2. The molecule has 3 heteroatoms. The van der Waals surface area contributed by atoms with Gasteiger partial charge in [-0.05, 0) is 56.3 Å². The van der Waals surface area contributed by atoms with E-state index in [1.165, 1.54) is 25.7 Å². The van der Waals surface area contributed by atoms with E-state index in [0.29, 0.717) is 5.92 Å². The van der Waals surface area contributed by atoms with Crippen molar-refractivity contribution in [2.75, 3.05) is 13.7 Å². The van der Waals surface area contributed by atoms with Crippen LogP contribution >= 0.6 is 0 Å². The largest absolute Gasteiger partial charge is 0.394 e. The predicted octanol–water partition coefficient (Wildman–Crippen LogP) is 2.19. The lowest BCUT2D eigenvalue weighted by atomic mass is 9.75. The first-order chi connectivity index (χ1) is 8.64. The second-order valence-electron chi connectivity index (χ2n) is 6.83. The van der Waals surface area contributed by atoms with Gasteiger partial charge in [0.05, 0.1) is 12.1 Å². The molecule has 0 aromatic heterocycles. The van der Waals surface area contributed by atoms with Crippen LogP contribution in [0.25, 0.3) is 0 Å². The zero-order valence-electron chi connectivity index (χ0n) is 11.4. The number of nitrogens with zero attached hydrogens (tertiary/aromatic N) is 1. The molecule has 3 fully saturated rings. The van der Waals surface area contributed by atoms with Gasteiger partial charge in [0.25, 0.3) is 0 Å². The van der Waals surface area contributed by atoms with Gasteiger partial charge in [0.15, 0.2) is 0 Å². The van der Waals surface area contributed by atoms with E-state index in [1.54, 1.807) is 0 Å². The molecule has 3 unspecified atom stereocenters. The van der Waals surface area contributed by atoms with Gasteiger partial charge in [0.2, 0.25) is 5.91 Å². The van der Waals surface area contributed by atoms with Crippen LogP contribution in [0.5, 0.6) is 0 Å². The molecule has 0 spiro atoms. The molecular weight excluding hydrogens is 226 g/mol. The molecule has 1 N–H and O–H groups in total. The zero-order chi connectivity index (χ0) is 12.8. The standard InChI is InChI=1S/C15H25NO2/c1-16(15(10-17)5-2-6-15)14(18)9-13-8-11-3-4-12(13)7-11/h11-13,17H,2-10H2,1H3. The van der Waals surface area contributed by atoms with Crippen LogP contribution in [0.3, 0.4) is 0 Å². The minimum Gasteiger partial charge on any atom is -0.394 e. The molecule has 102 valence electrons. The van der Waals surface area contributed by atoms with Crippen molar-refractivity contribution >= 4 is 5.91 Å². The third-order valence-corrected chi connectivity index (χ3v) is 5.99. The lowest BCUT2D eigenvalue weighted by Gasteiger charge is -2.47. The first-order valence-electron chi connectivity index (χ1n) is 7.52. The first kappa shape index (κ1) is 12.5. The van der Waals surface area contributed by atoms with Crippen LogP contribution in [0, 0.1) is 17.8 Å². The Morgan fingerprint density at radius 2 is 2.11 bits per heavy atom. The second-order valence-corrected chi connectivity index (χ2v) is 6.83. The lowest BCUT2D eigenvalue weighted by molar-refractivity contribution is -0.143. The lowest BCUT2D eigenvalue weighted by Crippen LogP contribution is -2.57. The fraction of sp³-hybridized carbons (Fsp3) is 0.933. The summed E-state index contributed by atoms with van der Waals surface area (Å²) in [6, 6.07) is 0. The van der Waals surface area contributed by atoms with Gasteiger partial charge < -0.3 is 10.0 Å². The van der Waals surface area contributed by atoms with Crippen LogP contribution in [0.4, 0.5) is 0 Å². The average molecular weight is 251 g/mol. The minimum absolute atomic E-state index is 0.131. The van der Waals surface area contributed by atoms with Crippen molar-refractivity contribution < 1.29 is 9.90 Å². The van der Waals surface area contributed by atoms with Crippen molar-refractivity contribution in [3.63, 3.8) is 0 Å². The third kappa shape index (κ3) is 1.87. The number of carbonyl (C=O) groups excluding carboxylic acids is 1. The molecule has 0 radical (unpaired) electrons. The fourth-order valence-corrected chi connectivity index (χ4v) is 4.44. The highest BCUT2D eigenvalue weighted by molar-refractivity contribution is 5.77. The number of carbonyl (C=O) groups is 1. The van der Waals surface area contributed by atoms with Crippen LogP contribution < -0.4 is 0 Å². The van der Waals surface area contributed by atoms with Gasteiger partial charge in [0.1, 0.15) is 0 Å². The molecule has 1 amide bonds. The van der Waals surface area contributed by atoms with E-state index in [1.807, 2.05) is 11.9 Å². The van der Waals surface area contributed by atoms with Crippen molar-refractivity contribution in [3.8, 4) is 0 Å². The average Bonchev–Trinajstić information content (AvgIpc) is 2.90. The summed E-state index contributed by atoms with van der Waals surface area (Å²) < 4.78 is 0. The Hall–Kier alpha value is -0.570. The molecule has 3 nitrogen and oxygen atoms in total. The van der Waals surface area contributed by atoms with E-state index in [-0.39, 0.29) is 18.1 Å². The summed E-state index contributed by atoms with van der Waals surface area (Å²) in [7, 11) is 1.89.